The molecule has 0 bridgehead atoms. The van der Waals surface area contributed by atoms with Crippen molar-refractivity contribution in [3.8, 4) is 5.69 Å². The van der Waals surface area contributed by atoms with Gasteiger partial charge in [-0.15, -0.1) is 0 Å². The molecule has 2 aliphatic heterocycles. The molecule has 2 aliphatic rings. The molecular formula is C26H20ClN5O2. The van der Waals surface area contributed by atoms with Crippen molar-refractivity contribution in [3.05, 3.63) is 112 Å². The van der Waals surface area contributed by atoms with E-state index in [2.05, 4.69) is 10.1 Å². The molecule has 2 aromatic heterocycles. The van der Waals surface area contributed by atoms with E-state index in [0.717, 1.165) is 16.9 Å². The molecule has 1 unspecified atom stereocenters. The van der Waals surface area contributed by atoms with Crippen LogP contribution in [0.25, 0.3) is 5.69 Å². The second kappa shape index (κ2) is 7.53. The molecule has 2 aromatic carbocycles. The Morgan fingerprint density at radius 2 is 1.79 bits per heavy atom. The number of benzene rings is 2. The lowest BCUT2D eigenvalue weighted by Crippen LogP contribution is -2.52. The third kappa shape index (κ3) is 2.77. The molecule has 0 spiro atoms. The van der Waals surface area contributed by atoms with E-state index in [9.17, 15) is 9.59 Å². The van der Waals surface area contributed by atoms with Gasteiger partial charge in [-0.1, -0.05) is 41.9 Å². The molecule has 1 saturated heterocycles. The van der Waals surface area contributed by atoms with Crippen molar-refractivity contribution in [3.63, 3.8) is 0 Å². The number of aryl methyl sites for hydroxylation is 1. The summed E-state index contributed by atoms with van der Waals surface area (Å²) in [4.78, 5) is 35.5. The van der Waals surface area contributed by atoms with Crippen molar-refractivity contribution < 1.29 is 9.59 Å². The molecule has 1 fully saturated rings. The Labute approximate surface area is 201 Å². The number of carbonyl (C=O) groups excluding carboxylic acids is 2. The normalized spacial score (nSPS) is 18.8. The molecule has 0 radical (unpaired) electrons. The summed E-state index contributed by atoms with van der Waals surface area (Å²) in [7, 11) is 0. The SMILES string of the molecule is Cc1cc(C(=O)N2CCN3C(=O)c4ccncc4C32c2ccc(Cl)cc2)n(-c2ccccc2)n1. The van der Waals surface area contributed by atoms with E-state index >= 15 is 0 Å². The maximum atomic E-state index is 14.2. The van der Waals surface area contributed by atoms with Gasteiger partial charge < -0.3 is 9.80 Å². The van der Waals surface area contributed by atoms with Crippen LogP contribution in [0.5, 0.6) is 0 Å². The van der Waals surface area contributed by atoms with Crippen molar-refractivity contribution in [2.45, 2.75) is 12.6 Å². The second-order valence-electron chi connectivity index (χ2n) is 8.43. The molecule has 4 heterocycles. The van der Waals surface area contributed by atoms with Crippen LogP contribution in [-0.4, -0.2) is 49.5 Å². The number of nitrogens with zero attached hydrogens (tertiary/aromatic N) is 5. The van der Waals surface area contributed by atoms with Gasteiger partial charge >= 0.3 is 0 Å². The molecule has 0 N–H and O–H groups in total. The van der Waals surface area contributed by atoms with Gasteiger partial charge in [0.1, 0.15) is 5.69 Å². The molecule has 4 aromatic rings. The largest absolute Gasteiger partial charge is 0.306 e. The first-order valence-corrected chi connectivity index (χ1v) is 11.4. The summed E-state index contributed by atoms with van der Waals surface area (Å²) in [6.07, 6.45) is 3.29. The Morgan fingerprint density at radius 3 is 2.56 bits per heavy atom. The summed E-state index contributed by atoms with van der Waals surface area (Å²) < 4.78 is 1.66. The van der Waals surface area contributed by atoms with Gasteiger partial charge in [0, 0.05) is 41.6 Å². The van der Waals surface area contributed by atoms with E-state index in [4.69, 9.17) is 11.6 Å². The van der Waals surface area contributed by atoms with E-state index in [-0.39, 0.29) is 11.8 Å². The van der Waals surface area contributed by atoms with Gasteiger partial charge in [-0.3, -0.25) is 14.6 Å². The molecule has 8 heteroatoms. The first kappa shape index (κ1) is 20.6. The summed E-state index contributed by atoms with van der Waals surface area (Å²) in [5, 5.41) is 5.16. The third-order valence-corrected chi connectivity index (χ3v) is 6.80. The monoisotopic (exact) mass is 469 g/mol. The minimum absolute atomic E-state index is 0.115. The van der Waals surface area contributed by atoms with Crippen LogP contribution in [0.2, 0.25) is 5.02 Å². The predicted molar refractivity (Wildman–Crippen MR) is 127 cm³/mol. The van der Waals surface area contributed by atoms with Crippen LogP contribution < -0.4 is 0 Å². The van der Waals surface area contributed by atoms with Gasteiger partial charge in [0.05, 0.1) is 16.9 Å². The fourth-order valence-corrected chi connectivity index (χ4v) is 5.29. The van der Waals surface area contributed by atoms with E-state index in [1.807, 2.05) is 49.4 Å². The van der Waals surface area contributed by atoms with Crippen molar-refractivity contribution in [2.24, 2.45) is 0 Å². The quantitative estimate of drug-likeness (QED) is 0.454. The zero-order chi connectivity index (χ0) is 23.4. The van der Waals surface area contributed by atoms with Crippen molar-refractivity contribution >= 4 is 23.4 Å². The zero-order valence-electron chi connectivity index (χ0n) is 18.4. The standard InChI is InChI=1S/C26H20ClN5O2/c1-17-15-23(32(29-17)20-5-3-2-4-6-20)25(34)31-14-13-30-24(33)21-11-12-28-16-22(21)26(30,31)18-7-9-19(27)10-8-18/h2-12,15-16H,13-14H2,1H3. The molecule has 0 saturated carbocycles. The highest BCUT2D eigenvalue weighted by molar-refractivity contribution is 6.30. The predicted octanol–water partition coefficient (Wildman–Crippen LogP) is 4.04. The number of para-hydroxylation sites is 1. The van der Waals surface area contributed by atoms with Crippen molar-refractivity contribution in [2.75, 3.05) is 13.1 Å². The molecular weight excluding hydrogens is 450 g/mol. The minimum atomic E-state index is -1.11. The number of halogens is 1. The maximum absolute atomic E-state index is 14.2. The smallest absolute Gasteiger partial charge is 0.275 e. The third-order valence-electron chi connectivity index (χ3n) is 6.54. The average Bonchev–Trinajstić information content (AvgIpc) is 3.52. The molecule has 2 amide bonds. The van der Waals surface area contributed by atoms with E-state index in [0.29, 0.717) is 34.9 Å². The van der Waals surface area contributed by atoms with Gasteiger partial charge in [0.2, 0.25) is 0 Å². The summed E-state index contributed by atoms with van der Waals surface area (Å²) in [5.41, 5.74) is 2.87. The summed E-state index contributed by atoms with van der Waals surface area (Å²) in [6.45, 7) is 2.64. The Balaban J connectivity index is 1.56. The van der Waals surface area contributed by atoms with Crippen LogP contribution in [0.3, 0.4) is 0 Å². The van der Waals surface area contributed by atoms with Crippen molar-refractivity contribution in [1.29, 1.82) is 0 Å². The van der Waals surface area contributed by atoms with Gasteiger partial charge in [-0.2, -0.15) is 5.10 Å². The van der Waals surface area contributed by atoms with E-state index < -0.39 is 5.66 Å². The Morgan fingerprint density at radius 1 is 1.03 bits per heavy atom. The van der Waals surface area contributed by atoms with Crippen molar-refractivity contribution in [1.82, 2.24) is 24.6 Å². The molecule has 0 aliphatic carbocycles. The Kier molecular flexibility index (Phi) is 4.57. The average molecular weight is 470 g/mol. The Bertz CT molecular complexity index is 1430. The summed E-state index contributed by atoms with van der Waals surface area (Å²) in [6, 6.07) is 20.4. The lowest BCUT2D eigenvalue weighted by Gasteiger charge is -2.40. The van der Waals surface area contributed by atoms with Gasteiger partial charge in [0.25, 0.3) is 11.8 Å². The van der Waals surface area contributed by atoms with Crippen LogP contribution in [0.4, 0.5) is 0 Å². The first-order chi connectivity index (χ1) is 16.5. The molecule has 168 valence electrons. The van der Waals surface area contributed by atoms with Crippen LogP contribution in [-0.2, 0) is 5.66 Å². The first-order valence-electron chi connectivity index (χ1n) is 11.0. The van der Waals surface area contributed by atoms with Gasteiger partial charge in [-0.05, 0) is 43.3 Å². The maximum Gasteiger partial charge on any atom is 0.275 e. The van der Waals surface area contributed by atoms with Crippen LogP contribution in [0, 0.1) is 6.92 Å². The number of pyridine rings is 1. The van der Waals surface area contributed by atoms with Crippen LogP contribution in [0.15, 0.2) is 79.1 Å². The number of aromatic nitrogens is 3. The molecule has 7 nitrogen and oxygen atoms in total. The summed E-state index contributed by atoms with van der Waals surface area (Å²) in [5.74, 6) is -0.332. The highest BCUT2D eigenvalue weighted by Crippen LogP contribution is 2.50. The topological polar surface area (TPSA) is 71.3 Å². The molecule has 6 rings (SSSR count). The van der Waals surface area contributed by atoms with Gasteiger partial charge in [-0.25, -0.2) is 4.68 Å². The number of hydrogen-bond donors (Lipinski definition) is 0. The van der Waals surface area contributed by atoms with Crippen LogP contribution in [0.1, 0.15) is 37.7 Å². The number of rotatable bonds is 3. The summed E-state index contributed by atoms with van der Waals surface area (Å²) >= 11 is 6.19. The fourth-order valence-electron chi connectivity index (χ4n) is 5.17. The molecule has 34 heavy (non-hydrogen) atoms. The highest BCUT2D eigenvalue weighted by atomic mass is 35.5. The Hall–Kier alpha value is -3.97. The lowest BCUT2D eigenvalue weighted by atomic mass is 9.91. The van der Waals surface area contributed by atoms with E-state index in [1.165, 1.54) is 0 Å². The molecule has 1 atom stereocenters. The number of hydrogen-bond acceptors (Lipinski definition) is 4. The van der Waals surface area contributed by atoms with Crippen LogP contribution >= 0.6 is 11.6 Å². The second-order valence-corrected chi connectivity index (χ2v) is 8.87. The highest BCUT2D eigenvalue weighted by Gasteiger charge is 2.60. The number of fused-ring (bicyclic) bond motifs is 3. The number of amides is 2. The van der Waals surface area contributed by atoms with Gasteiger partial charge in [0.15, 0.2) is 5.66 Å². The zero-order valence-corrected chi connectivity index (χ0v) is 19.1. The lowest BCUT2D eigenvalue weighted by molar-refractivity contribution is 0.0369. The minimum Gasteiger partial charge on any atom is -0.306 e. The number of carbonyl (C=O) groups is 2. The fraction of sp³-hybridized carbons (Fsp3) is 0.154. The van der Waals surface area contributed by atoms with E-state index in [1.54, 1.807) is 51.1 Å².